The van der Waals surface area contributed by atoms with Crippen LogP contribution in [0.25, 0.3) is 0 Å². The van der Waals surface area contributed by atoms with Gasteiger partial charge in [0.15, 0.2) is 0 Å². The van der Waals surface area contributed by atoms with Crippen LogP contribution in [0, 0.1) is 28.5 Å². The lowest BCUT2D eigenvalue weighted by molar-refractivity contribution is -0.186. The van der Waals surface area contributed by atoms with Crippen LogP contribution in [0.2, 0.25) is 0 Å². The van der Waals surface area contributed by atoms with E-state index in [9.17, 15) is 24.2 Å². The Balaban J connectivity index is 1.72. The van der Waals surface area contributed by atoms with Crippen molar-refractivity contribution in [2.24, 2.45) is 22.7 Å². The maximum absolute atomic E-state index is 13.1. The molecule has 2 saturated carbocycles. The Bertz CT molecular complexity index is 863. The van der Waals surface area contributed by atoms with Gasteiger partial charge in [-0.3, -0.25) is 4.79 Å². The van der Waals surface area contributed by atoms with Crippen molar-refractivity contribution in [1.29, 1.82) is 0 Å². The monoisotopic (exact) mass is 478 g/mol. The van der Waals surface area contributed by atoms with Crippen molar-refractivity contribution < 1.29 is 28.9 Å². The molecular weight excluding hydrogens is 439 g/mol. The molecule has 2 aliphatic carbocycles. The first kappa shape index (κ1) is 26.4. The predicted molar refractivity (Wildman–Crippen MR) is 126 cm³/mol. The van der Waals surface area contributed by atoms with Crippen molar-refractivity contribution in [3.63, 3.8) is 0 Å². The second-order valence-corrected chi connectivity index (χ2v) is 10.8. The molecule has 0 aliphatic heterocycles. The summed E-state index contributed by atoms with van der Waals surface area (Å²) in [4.78, 5) is 25.1. The molecule has 6 unspecified atom stereocenters. The second kappa shape index (κ2) is 10.6. The van der Waals surface area contributed by atoms with Gasteiger partial charge in [0.05, 0.1) is 12.7 Å². The van der Waals surface area contributed by atoms with E-state index in [0.717, 1.165) is 5.56 Å². The molecule has 1 aromatic carbocycles. The van der Waals surface area contributed by atoms with E-state index in [1.807, 2.05) is 20.8 Å². The van der Waals surface area contributed by atoms with Crippen LogP contribution in [-0.4, -0.2) is 47.1 Å². The van der Waals surface area contributed by atoms with Crippen LogP contribution >= 0.6 is 0 Å². The van der Waals surface area contributed by atoms with Gasteiger partial charge in [-0.2, -0.15) is 0 Å². The maximum Gasteiger partial charge on any atom is 0.407 e. The van der Waals surface area contributed by atoms with E-state index in [-0.39, 0.29) is 49.2 Å². The summed E-state index contributed by atoms with van der Waals surface area (Å²) in [5.41, 5.74) is -0.269. The van der Waals surface area contributed by atoms with Crippen molar-refractivity contribution >= 4 is 12.0 Å². The lowest BCUT2D eigenvalue weighted by atomic mass is 9.46. The van der Waals surface area contributed by atoms with E-state index in [1.54, 1.807) is 12.1 Å². The highest BCUT2D eigenvalue weighted by molar-refractivity contribution is 5.76. The van der Waals surface area contributed by atoms with Gasteiger partial charge in [0.2, 0.25) is 5.91 Å². The van der Waals surface area contributed by atoms with E-state index < -0.39 is 29.1 Å². The van der Waals surface area contributed by atoms with E-state index in [2.05, 4.69) is 17.6 Å². The molecule has 0 spiro atoms. The third-order valence-corrected chi connectivity index (χ3v) is 8.14. The van der Waals surface area contributed by atoms with Crippen LogP contribution in [0.5, 0.6) is 0 Å². The number of halogens is 1. The number of carbonyl (C=O) groups is 2. The lowest BCUT2D eigenvalue weighted by Crippen LogP contribution is -2.61. The molecule has 0 saturated heterocycles. The van der Waals surface area contributed by atoms with Gasteiger partial charge < -0.3 is 25.6 Å². The number of nitrogens with one attached hydrogen (secondary N) is 2. The Kier molecular flexibility index (Phi) is 8.24. The fourth-order valence-corrected chi connectivity index (χ4v) is 6.25. The Morgan fingerprint density at radius 1 is 1.18 bits per heavy atom. The van der Waals surface area contributed by atoms with Gasteiger partial charge in [0, 0.05) is 24.4 Å². The summed E-state index contributed by atoms with van der Waals surface area (Å²) in [6, 6.07) is 5.92. The molecule has 2 amide bonds. The van der Waals surface area contributed by atoms with Gasteiger partial charge in [-0.25, -0.2) is 9.18 Å². The minimum Gasteiger partial charge on any atom is -0.446 e. The standard InChI is InChI=1S/C26H39FN2O5/c1-16(2)29-24(33)34-22-11-12-25(3)19(20(31)9-10-21(25)26(22,4)15-30)13-23(32)28-14-17-5-7-18(27)8-6-17/h5-8,16,19-22,30-31H,9-15H2,1-4H3,(H,28,32)(H,29,33). The van der Waals surface area contributed by atoms with Crippen molar-refractivity contribution in [2.75, 3.05) is 6.61 Å². The summed E-state index contributed by atoms with van der Waals surface area (Å²) in [7, 11) is 0. The number of aliphatic hydroxyl groups excluding tert-OH is 2. The van der Waals surface area contributed by atoms with Crippen molar-refractivity contribution in [2.45, 2.75) is 84.6 Å². The van der Waals surface area contributed by atoms with Crippen molar-refractivity contribution in [1.82, 2.24) is 10.6 Å². The molecule has 190 valence electrons. The number of carbonyl (C=O) groups excluding carboxylic acids is 2. The van der Waals surface area contributed by atoms with Crippen LogP contribution in [0.1, 0.15) is 65.4 Å². The summed E-state index contributed by atoms with van der Waals surface area (Å²) >= 11 is 0. The Hall–Kier alpha value is -2.19. The van der Waals surface area contributed by atoms with Gasteiger partial charge in [0.1, 0.15) is 11.9 Å². The first-order valence-electron chi connectivity index (χ1n) is 12.3. The zero-order chi connectivity index (χ0) is 25.1. The molecule has 0 radical (unpaired) electrons. The van der Waals surface area contributed by atoms with E-state index >= 15 is 0 Å². The number of rotatable bonds is 7. The summed E-state index contributed by atoms with van der Waals surface area (Å²) in [5.74, 6) is -0.798. The molecule has 3 rings (SSSR count). The molecule has 1 aromatic rings. The van der Waals surface area contributed by atoms with Crippen LogP contribution < -0.4 is 10.6 Å². The average Bonchev–Trinajstić information content (AvgIpc) is 2.77. The Morgan fingerprint density at radius 2 is 1.85 bits per heavy atom. The number of amides is 2. The van der Waals surface area contributed by atoms with Crippen molar-refractivity contribution in [3.8, 4) is 0 Å². The van der Waals surface area contributed by atoms with Gasteiger partial charge in [-0.1, -0.05) is 26.0 Å². The van der Waals surface area contributed by atoms with Gasteiger partial charge >= 0.3 is 6.09 Å². The molecule has 8 heteroatoms. The number of hydrogen-bond acceptors (Lipinski definition) is 5. The number of hydrogen-bond donors (Lipinski definition) is 4. The lowest BCUT2D eigenvalue weighted by Gasteiger charge is -2.60. The molecule has 2 fully saturated rings. The van der Waals surface area contributed by atoms with Crippen LogP contribution in [0.15, 0.2) is 24.3 Å². The minimum atomic E-state index is -0.676. The summed E-state index contributed by atoms with van der Waals surface area (Å²) < 4.78 is 18.9. The van der Waals surface area contributed by atoms with E-state index in [4.69, 9.17) is 4.74 Å². The van der Waals surface area contributed by atoms with E-state index in [1.165, 1.54) is 12.1 Å². The highest BCUT2D eigenvalue weighted by atomic mass is 19.1. The smallest absolute Gasteiger partial charge is 0.407 e. The first-order chi connectivity index (χ1) is 16.0. The number of aliphatic hydroxyl groups is 2. The van der Waals surface area contributed by atoms with E-state index in [0.29, 0.717) is 25.7 Å². The largest absolute Gasteiger partial charge is 0.446 e. The normalized spacial score (nSPS) is 33.2. The molecule has 34 heavy (non-hydrogen) atoms. The minimum absolute atomic E-state index is 0.0195. The molecule has 7 nitrogen and oxygen atoms in total. The predicted octanol–water partition coefficient (Wildman–Crippen LogP) is 3.52. The SMILES string of the molecule is CC(C)NC(=O)OC1CCC2(C)C(CC(=O)NCc3ccc(F)cc3)C(O)CCC2C1(C)CO. The third kappa shape index (κ3) is 5.54. The third-order valence-electron chi connectivity index (χ3n) is 8.14. The quantitative estimate of drug-likeness (QED) is 0.480. The Morgan fingerprint density at radius 3 is 2.47 bits per heavy atom. The fraction of sp³-hybridized carbons (Fsp3) is 0.692. The van der Waals surface area contributed by atoms with Crippen LogP contribution in [0.3, 0.4) is 0 Å². The molecule has 0 heterocycles. The highest BCUT2D eigenvalue weighted by Gasteiger charge is 2.60. The molecule has 0 aromatic heterocycles. The number of ether oxygens (including phenoxy) is 1. The summed E-state index contributed by atoms with van der Waals surface area (Å²) in [6.45, 7) is 7.91. The van der Waals surface area contributed by atoms with Crippen LogP contribution in [0.4, 0.5) is 9.18 Å². The molecule has 0 bridgehead atoms. The molecule has 2 aliphatic rings. The second-order valence-electron chi connectivity index (χ2n) is 10.8. The summed E-state index contributed by atoms with van der Waals surface area (Å²) in [6.07, 6.45) is 1.05. The van der Waals surface area contributed by atoms with Gasteiger partial charge in [0.25, 0.3) is 0 Å². The average molecular weight is 479 g/mol. The maximum atomic E-state index is 13.1. The zero-order valence-corrected chi connectivity index (χ0v) is 20.6. The zero-order valence-electron chi connectivity index (χ0n) is 20.6. The molecule has 6 atom stereocenters. The first-order valence-corrected chi connectivity index (χ1v) is 12.3. The number of benzene rings is 1. The number of alkyl carbamates (subject to hydrolysis) is 1. The molecular formula is C26H39FN2O5. The van der Waals surface area contributed by atoms with Crippen LogP contribution in [-0.2, 0) is 16.1 Å². The fourth-order valence-electron chi connectivity index (χ4n) is 6.25. The Labute approximate surface area is 201 Å². The highest BCUT2D eigenvalue weighted by Crippen LogP contribution is 2.61. The molecule has 4 N–H and O–H groups in total. The van der Waals surface area contributed by atoms with Gasteiger partial charge in [-0.05, 0) is 74.5 Å². The topological polar surface area (TPSA) is 108 Å². The van der Waals surface area contributed by atoms with Crippen molar-refractivity contribution in [3.05, 3.63) is 35.6 Å². The summed E-state index contributed by atoms with van der Waals surface area (Å²) in [5, 5.41) is 27.0. The number of fused-ring (bicyclic) bond motifs is 1. The van der Waals surface area contributed by atoms with Gasteiger partial charge in [-0.15, -0.1) is 0 Å².